The standard InChI is InChI=1S/C44H31N/c1-3-11-32(12-4-1)34-19-25-38(26-20-34)45(39-27-21-35(22-28-39)33-13-5-2-6-14-33)40-29-23-36(24-30-40)44-31-37-15-7-8-16-41(37)42-17-9-10-18-43(42)44/h1-31H. The monoisotopic (exact) mass is 573 g/mol. The predicted molar refractivity (Wildman–Crippen MR) is 192 cm³/mol. The Morgan fingerprint density at radius 3 is 1.16 bits per heavy atom. The summed E-state index contributed by atoms with van der Waals surface area (Å²) in [7, 11) is 0. The summed E-state index contributed by atoms with van der Waals surface area (Å²) < 4.78 is 0. The quantitative estimate of drug-likeness (QED) is 0.179. The highest BCUT2D eigenvalue weighted by Crippen LogP contribution is 2.39. The molecule has 0 bridgehead atoms. The van der Waals surface area contributed by atoms with Crippen molar-refractivity contribution in [1.82, 2.24) is 0 Å². The molecule has 45 heavy (non-hydrogen) atoms. The van der Waals surface area contributed by atoms with Gasteiger partial charge >= 0.3 is 0 Å². The first-order valence-electron chi connectivity index (χ1n) is 15.4. The Labute approximate surface area is 264 Å². The highest BCUT2D eigenvalue weighted by atomic mass is 15.1. The maximum Gasteiger partial charge on any atom is 0.0462 e. The zero-order valence-corrected chi connectivity index (χ0v) is 24.8. The molecule has 0 radical (unpaired) electrons. The fourth-order valence-corrected chi connectivity index (χ4v) is 6.40. The van der Waals surface area contributed by atoms with E-state index in [2.05, 4.69) is 193 Å². The molecule has 0 N–H and O–H groups in total. The number of anilines is 3. The lowest BCUT2D eigenvalue weighted by molar-refractivity contribution is 1.28. The molecule has 0 atom stereocenters. The van der Waals surface area contributed by atoms with Crippen molar-refractivity contribution in [2.75, 3.05) is 4.90 Å². The summed E-state index contributed by atoms with van der Waals surface area (Å²) in [4.78, 5) is 2.34. The van der Waals surface area contributed by atoms with E-state index < -0.39 is 0 Å². The number of fused-ring (bicyclic) bond motifs is 3. The molecule has 0 saturated carbocycles. The van der Waals surface area contributed by atoms with Crippen LogP contribution in [0, 0.1) is 0 Å². The molecule has 8 aromatic rings. The minimum Gasteiger partial charge on any atom is -0.311 e. The SMILES string of the molecule is c1ccc(-c2ccc(N(c3ccc(-c4ccccc4)cc3)c3ccc(-c4cc5ccccc5c5ccccc45)cc3)cc2)cc1. The molecule has 1 nitrogen and oxygen atoms in total. The number of benzene rings is 8. The van der Waals surface area contributed by atoms with Crippen molar-refractivity contribution in [2.24, 2.45) is 0 Å². The first kappa shape index (κ1) is 26.7. The third-order valence-corrected chi connectivity index (χ3v) is 8.67. The molecule has 0 heterocycles. The van der Waals surface area contributed by atoms with Crippen LogP contribution in [-0.2, 0) is 0 Å². The van der Waals surface area contributed by atoms with Gasteiger partial charge in [0.1, 0.15) is 0 Å². The molecule has 8 rings (SSSR count). The second-order valence-electron chi connectivity index (χ2n) is 11.4. The largest absolute Gasteiger partial charge is 0.311 e. The molecule has 0 saturated heterocycles. The van der Waals surface area contributed by atoms with Crippen LogP contribution in [0.2, 0.25) is 0 Å². The van der Waals surface area contributed by atoms with E-state index in [0.29, 0.717) is 0 Å². The average Bonchev–Trinajstić information content (AvgIpc) is 3.13. The Morgan fingerprint density at radius 2 is 0.644 bits per heavy atom. The van der Waals surface area contributed by atoms with Crippen LogP contribution in [0.1, 0.15) is 0 Å². The minimum absolute atomic E-state index is 1.11. The van der Waals surface area contributed by atoms with Crippen molar-refractivity contribution in [2.45, 2.75) is 0 Å². The molecule has 212 valence electrons. The fourth-order valence-electron chi connectivity index (χ4n) is 6.40. The van der Waals surface area contributed by atoms with Crippen LogP contribution in [0.15, 0.2) is 188 Å². The van der Waals surface area contributed by atoms with E-state index in [9.17, 15) is 0 Å². The summed E-state index contributed by atoms with van der Waals surface area (Å²) in [5.41, 5.74) is 10.7. The highest BCUT2D eigenvalue weighted by Gasteiger charge is 2.15. The van der Waals surface area contributed by atoms with Gasteiger partial charge in [-0.3, -0.25) is 0 Å². The van der Waals surface area contributed by atoms with Crippen molar-refractivity contribution in [1.29, 1.82) is 0 Å². The molecule has 0 amide bonds. The van der Waals surface area contributed by atoms with Gasteiger partial charge in [0, 0.05) is 17.1 Å². The number of hydrogen-bond donors (Lipinski definition) is 0. The molecular formula is C44H31N. The van der Waals surface area contributed by atoms with Crippen molar-refractivity contribution in [3.05, 3.63) is 188 Å². The van der Waals surface area contributed by atoms with E-state index in [4.69, 9.17) is 0 Å². The van der Waals surface area contributed by atoms with Gasteiger partial charge in [-0.1, -0.05) is 146 Å². The second-order valence-corrected chi connectivity index (χ2v) is 11.4. The summed E-state index contributed by atoms with van der Waals surface area (Å²) >= 11 is 0. The van der Waals surface area contributed by atoms with Gasteiger partial charge in [0.25, 0.3) is 0 Å². The predicted octanol–water partition coefficient (Wildman–Crippen LogP) is 12.5. The molecule has 0 unspecified atom stereocenters. The molecule has 0 aliphatic rings. The van der Waals surface area contributed by atoms with Gasteiger partial charge in [-0.15, -0.1) is 0 Å². The van der Waals surface area contributed by atoms with E-state index in [1.807, 2.05) is 0 Å². The van der Waals surface area contributed by atoms with Gasteiger partial charge < -0.3 is 4.90 Å². The van der Waals surface area contributed by atoms with Crippen LogP contribution in [0.3, 0.4) is 0 Å². The lowest BCUT2D eigenvalue weighted by Gasteiger charge is -2.26. The zero-order valence-electron chi connectivity index (χ0n) is 24.8. The normalized spacial score (nSPS) is 11.1. The maximum absolute atomic E-state index is 2.34. The lowest BCUT2D eigenvalue weighted by atomic mass is 9.93. The summed E-state index contributed by atoms with van der Waals surface area (Å²) in [6.07, 6.45) is 0. The van der Waals surface area contributed by atoms with Gasteiger partial charge in [-0.25, -0.2) is 0 Å². The molecule has 0 spiro atoms. The number of nitrogens with zero attached hydrogens (tertiary/aromatic N) is 1. The van der Waals surface area contributed by atoms with Crippen molar-refractivity contribution >= 4 is 38.6 Å². The van der Waals surface area contributed by atoms with Gasteiger partial charge in [0.2, 0.25) is 0 Å². The first-order chi connectivity index (χ1) is 22.3. The summed E-state index contributed by atoms with van der Waals surface area (Å²) in [6.45, 7) is 0. The van der Waals surface area contributed by atoms with Crippen LogP contribution >= 0.6 is 0 Å². The van der Waals surface area contributed by atoms with Crippen molar-refractivity contribution in [3.63, 3.8) is 0 Å². The Bertz CT molecular complexity index is 2130. The van der Waals surface area contributed by atoms with Crippen LogP contribution in [-0.4, -0.2) is 0 Å². The van der Waals surface area contributed by atoms with Crippen LogP contribution in [0.25, 0.3) is 54.9 Å². The van der Waals surface area contributed by atoms with Gasteiger partial charge in [0.15, 0.2) is 0 Å². The van der Waals surface area contributed by atoms with Crippen LogP contribution in [0.5, 0.6) is 0 Å². The van der Waals surface area contributed by atoms with Gasteiger partial charge in [-0.2, -0.15) is 0 Å². The first-order valence-corrected chi connectivity index (χ1v) is 15.4. The second kappa shape index (κ2) is 11.6. The van der Waals surface area contributed by atoms with E-state index in [-0.39, 0.29) is 0 Å². The molecule has 0 aliphatic heterocycles. The van der Waals surface area contributed by atoms with Gasteiger partial charge in [0.05, 0.1) is 0 Å². The molecule has 0 fully saturated rings. The number of hydrogen-bond acceptors (Lipinski definition) is 1. The Kier molecular flexibility index (Phi) is 6.90. The fraction of sp³-hybridized carbons (Fsp3) is 0. The highest BCUT2D eigenvalue weighted by molar-refractivity contribution is 6.13. The lowest BCUT2D eigenvalue weighted by Crippen LogP contribution is -2.09. The van der Waals surface area contributed by atoms with Crippen LogP contribution < -0.4 is 4.90 Å². The minimum atomic E-state index is 1.11. The van der Waals surface area contributed by atoms with E-state index >= 15 is 0 Å². The van der Waals surface area contributed by atoms with Gasteiger partial charge in [-0.05, 0) is 97.4 Å². The zero-order chi connectivity index (χ0) is 30.0. The van der Waals surface area contributed by atoms with Crippen LogP contribution in [0.4, 0.5) is 17.1 Å². The molecule has 0 aliphatic carbocycles. The average molecular weight is 574 g/mol. The topological polar surface area (TPSA) is 3.24 Å². The molecular weight excluding hydrogens is 542 g/mol. The third kappa shape index (κ3) is 5.15. The maximum atomic E-state index is 2.34. The molecule has 1 heteroatoms. The Morgan fingerprint density at radius 1 is 0.267 bits per heavy atom. The molecule has 8 aromatic carbocycles. The molecule has 0 aromatic heterocycles. The van der Waals surface area contributed by atoms with E-state index in [0.717, 1.165) is 17.1 Å². The van der Waals surface area contributed by atoms with E-state index in [1.54, 1.807) is 0 Å². The summed E-state index contributed by atoms with van der Waals surface area (Å²) in [5, 5.41) is 5.11. The summed E-state index contributed by atoms with van der Waals surface area (Å²) in [5.74, 6) is 0. The third-order valence-electron chi connectivity index (χ3n) is 8.67. The Balaban J connectivity index is 1.21. The summed E-state index contributed by atoms with van der Waals surface area (Å²) in [6, 6.07) is 67.6. The van der Waals surface area contributed by atoms with Crippen molar-refractivity contribution < 1.29 is 0 Å². The Hall–Kier alpha value is -5.92. The number of rotatable bonds is 6. The van der Waals surface area contributed by atoms with Crippen molar-refractivity contribution in [3.8, 4) is 33.4 Å². The smallest absolute Gasteiger partial charge is 0.0462 e. The van der Waals surface area contributed by atoms with E-state index in [1.165, 1.54) is 54.9 Å².